The third-order valence-corrected chi connectivity index (χ3v) is 4.18. The molecule has 0 N–H and O–H groups in total. The van der Waals surface area contributed by atoms with Crippen molar-refractivity contribution in [3.63, 3.8) is 0 Å². The summed E-state index contributed by atoms with van der Waals surface area (Å²) in [6.45, 7) is 0. The van der Waals surface area contributed by atoms with Crippen molar-refractivity contribution in [3.05, 3.63) is 56.4 Å². The van der Waals surface area contributed by atoms with Gasteiger partial charge in [-0.15, -0.1) is 0 Å². The summed E-state index contributed by atoms with van der Waals surface area (Å²) in [5.74, 6) is -0.382. The summed E-state index contributed by atoms with van der Waals surface area (Å²) >= 11 is 24.3. The maximum atomic E-state index is 13.6. The van der Waals surface area contributed by atoms with Crippen LogP contribution in [0.15, 0.2) is 30.3 Å². The Morgan fingerprint density at radius 1 is 0.857 bits per heavy atom. The van der Waals surface area contributed by atoms with Crippen LogP contribution in [0.25, 0.3) is 22.3 Å². The minimum atomic E-state index is -0.564. The molecule has 106 valence electrons. The molecule has 21 heavy (non-hydrogen) atoms. The molecule has 0 saturated heterocycles. The number of rotatable bonds is 1. The molecule has 0 fully saturated rings. The molecule has 0 amide bonds. The standard InChI is InChI=1S/C14H5Cl4FN2/c15-7-4-5-8(16)12-10(7)13(18)21-14(20-12)6-2-1-3-9(19)11(6)17/h1-5H. The van der Waals surface area contributed by atoms with E-state index in [-0.39, 0.29) is 16.0 Å². The zero-order valence-electron chi connectivity index (χ0n) is 10.2. The summed E-state index contributed by atoms with van der Waals surface area (Å²) in [5.41, 5.74) is 0.719. The number of fused-ring (bicyclic) bond motifs is 1. The van der Waals surface area contributed by atoms with Crippen molar-refractivity contribution in [1.29, 1.82) is 0 Å². The zero-order chi connectivity index (χ0) is 15.1. The molecule has 0 atom stereocenters. The molecule has 0 unspecified atom stereocenters. The Kier molecular flexibility index (Phi) is 3.93. The lowest BCUT2D eigenvalue weighted by Gasteiger charge is -2.08. The highest BCUT2D eigenvalue weighted by Crippen LogP contribution is 2.36. The second-order valence-corrected chi connectivity index (χ2v) is 5.74. The molecule has 1 aromatic heterocycles. The fourth-order valence-corrected chi connectivity index (χ4v) is 2.90. The summed E-state index contributed by atoms with van der Waals surface area (Å²) in [6.07, 6.45) is 0. The molecule has 0 saturated carbocycles. The maximum Gasteiger partial charge on any atom is 0.163 e. The zero-order valence-corrected chi connectivity index (χ0v) is 13.2. The van der Waals surface area contributed by atoms with Gasteiger partial charge in [-0.2, -0.15) is 0 Å². The van der Waals surface area contributed by atoms with E-state index < -0.39 is 5.82 Å². The van der Waals surface area contributed by atoms with E-state index in [0.717, 1.165) is 0 Å². The molecule has 0 aliphatic carbocycles. The second kappa shape index (κ2) is 5.58. The van der Waals surface area contributed by atoms with Gasteiger partial charge in [0.1, 0.15) is 11.0 Å². The second-order valence-electron chi connectivity index (χ2n) is 4.19. The van der Waals surface area contributed by atoms with E-state index >= 15 is 0 Å². The fraction of sp³-hybridized carbons (Fsp3) is 0. The molecular formula is C14H5Cl4FN2. The average molecular weight is 362 g/mol. The van der Waals surface area contributed by atoms with Crippen LogP contribution in [-0.4, -0.2) is 9.97 Å². The highest BCUT2D eigenvalue weighted by atomic mass is 35.5. The van der Waals surface area contributed by atoms with E-state index in [1.165, 1.54) is 12.1 Å². The minimum absolute atomic E-state index is 0.0777. The molecule has 0 aliphatic heterocycles. The molecule has 3 aromatic rings. The van der Waals surface area contributed by atoms with E-state index in [1.54, 1.807) is 18.2 Å². The van der Waals surface area contributed by atoms with Crippen LogP contribution in [0.2, 0.25) is 20.2 Å². The van der Waals surface area contributed by atoms with Crippen molar-refractivity contribution < 1.29 is 4.39 Å². The summed E-state index contributed by atoms with van der Waals surface area (Å²) in [5, 5.41) is 1.25. The lowest BCUT2D eigenvalue weighted by atomic mass is 10.2. The Labute approximate surface area is 139 Å². The van der Waals surface area contributed by atoms with Crippen molar-refractivity contribution in [2.45, 2.75) is 0 Å². The number of aromatic nitrogens is 2. The summed E-state index contributed by atoms with van der Waals surface area (Å²) in [6, 6.07) is 7.57. The Balaban J connectivity index is 2.36. The van der Waals surface area contributed by atoms with Crippen molar-refractivity contribution in [2.24, 2.45) is 0 Å². The summed E-state index contributed by atoms with van der Waals surface area (Å²) in [4.78, 5) is 8.44. The van der Waals surface area contributed by atoms with Crippen LogP contribution >= 0.6 is 46.4 Å². The lowest BCUT2D eigenvalue weighted by molar-refractivity contribution is 0.628. The van der Waals surface area contributed by atoms with E-state index in [9.17, 15) is 4.39 Å². The van der Waals surface area contributed by atoms with Gasteiger partial charge in [0.25, 0.3) is 0 Å². The van der Waals surface area contributed by atoms with Crippen LogP contribution in [0.4, 0.5) is 4.39 Å². The first-order valence-corrected chi connectivity index (χ1v) is 7.26. The third-order valence-electron chi connectivity index (χ3n) is 2.90. The summed E-state index contributed by atoms with van der Waals surface area (Å²) < 4.78 is 13.6. The van der Waals surface area contributed by atoms with Gasteiger partial charge >= 0.3 is 0 Å². The van der Waals surface area contributed by atoms with Crippen molar-refractivity contribution >= 4 is 57.3 Å². The first-order chi connectivity index (χ1) is 9.99. The van der Waals surface area contributed by atoms with Gasteiger partial charge in [0.15, 0.2) is 5.82 Å². The van der Waals surface area contributed by atoms with E-state index in [1.807, 2.05) is 0 Å². The number of nitrogens with zero attached hydrogens (tertiary/aromatic N) is 2. The van der Waals surface area contributed by atoms with Crippen molar-refractivity contribution in [2.75, 3.05) is 0 Å². The van der Waals surface area contributed by atoms with Gasteiger partial charge in [-0.3, -0.25) is 0 Å². The van der Waals surface area contributed by atoms with Gasteiger partial charge in [-0.05, 0) is 24.3 Å². The Bertz CT molecular complexity index is 867. The van der Waals surface area contributed by atoms with Gasteiger partial charge in [0.2, 0.25) is 0 Å². The van der Waals surface area contributed by atoms with Crippen LogP contribution in [0.1, 0.15) is 0 Å². The smallest absolute Gasteiger partial charge is 0.163 e. The monoisotopic (exact) mass is 360 g/mol. The third kappa shape index (κ3) is 2.55. The lowest BCUT2D eigenvalue weighted by Crippen LogP contribution is -1.95. The molecule has 7 heteroatoms. The topological polar surface area (TPSA) is 25.8 Å². The number of halogens is 5. The molecule has 2 nitrogen and oxygen atoms in total. The molecule has 1 heterocycles. The SMILES string of the molecule is Fc1cccc(-c2nc(Cl)c3c(Cl)ccc(Cl)c3n2)c1Cl. The van der Waals surface area contributed by atoms with Crippen LogP contribution in [0.5, 0.6) is 0 Å². The van der Waals surface area contributed by atoms with Gasteiger partial charge in [0.05, 0.1) is 26.0 Å². The Hall–Kier alpha value is -1.13. The van der Waals surface area contributed by atoms with Gasteiger partial charge in [-0.25, -0.2) is 14.4 Å². The largest absolute Gasteiger partial charge is 0.226 e. The quantitative estimate of drug-likeness (QED) is 0.493. The average Bonchev–Trinajstić information content (AvgIpc) is 2.45. The van der Waals surface area contributed by atoms with Crippen LogP contribution in [-0.2, 0) is 0 Å². The minimum Gasteiger partial charge on any atom is -0.226 e. The fourth-order valence-electron chi connectivity index (χ4n) is 1.92. The molecule has 0 spiro atoms. The molecule has 3 rings (SSSR count). The first-order valence-electron chi connectivity index (χ1n) is 5.74. The molecular weight excluding hydrogens is 357 g/mol. The van der Waals surface area contributed by atoms with Gasteiger partial charge < -0.3 is 0 Å². The van der Waals surface area contributed by atoms with E-state index in [4.69, 9.17) is 46.4 Å². The summed E-state index contributed by atoms with van der Waals surface area (Å²) in [7, 11) is 0. The van der Waals surface area contributed by atoms with Crippen molar-refractivity contribution in [3.8, 4) is 11.4 Å². The highest BCUT2D eigenvalue weighted by molar-refractivity contribution is 6.44. The molecule has 0 aliphatic rings. The van der Waals surface area contributed by atoms with Crippen LogP contribution in [0.3, 0.4) is 0 Å². The number of hydrogen-bond donors (Lipinski definition) is 0. The van der Waals surface area contributed by atoms with Crippen LogP contribution in [0, 0.1) is 5.82 Å². The van der Waals surface area contributed by atoms with Crippen LogP contribution < -0.4 is 0 Å². The normalized spacial score (nSPS) is 11.1. The maximum absolute atomic E-state index is 13.6. The van der Waals surface area contributed by atoms with E-state index in [2.05, 4.69) is 9.97 Å². The van der Waals surface area contributed by atoms with Gasteiger partial charge in [0, 0.05) is 5.56 Å². The Morgan fingerprint density at radius 3 is 2.33 bits per heavy atom. The van der Waals surface area contributed by atoms with Crippen molar-refractivity contribution in [1.82, 2.24) is 9.97 Å². The predicted octanol–water partition coefficient (Wildman–Crippen LogP) is 6.05. The molecule has 0 radical (unpaired) electrons. The molecule has 2 aromatic carbocycles. The Morgan fingerprint density at radius 2 is 1.57 bits per heavy atom. The predicted molar refractivity (Wildman–Crippen MR) is 85.0 cm³/mol. The van der Waals surface area contributed by atoms with E-state index in [0.29, 0.717) is 26.5 Å². The van der Waals surface area contributed by atoms with Gasteiger partial charge in [-0.1, -0.05) is 52.5 Å². The number of benzene rings is 2. The number of hydrogen-bond acceptors (Lipinski definition) is 2. The molecule has 0 bridgehead atoms. The first kappa shape index (κ1) is 14.8. The highest BCUT2D eigenvalue weighted by Gasteiger charge is 2.16.